The Balaban J connectivity index is 2.19. The van der Waals surface area contributed by atoms with E-state index in [-0.39, 0.29) is 5.91 Å². The van der Waals surface area contributed by atoms with Gasteiger partial charge in [-0.3, -0.25) is 4.79 Å². The van der Waals surface area contributed by atoms with Gasteiger partial charge < -0.3 is 14.5 Å². The van der Waals surface area contributed by atoms with Gasteiger partial charge in [0, 0.05) is 19.2 Å². The van der Waals surface area contributed by atoms with E-state index in [4.69, 9.17) is 9.15 Å². The van der Waals surface area contributed by atoms with Crippen molar-refractivity contribution < 1.29 is 13.9 Å². The topological polar surface area (TPSA) is 64.4 Å². The maximum Gasteiger partial charge on any atom is 0.273 e. The molecule has 1 heterocycles. The van der Waals surface area contributed by atoms with Crippen LogP contribution in [-0.4, -0.2) is 31.2 Å². The Morgan fingerprint density at radius 3 is 2.90 bits per heavy atom. The molecule has 0 bridgehead atoms. The van der Waals surface area contributed by atoms with Crippen molar-refractivity contribution in [2.24, 2.45) is 0 Å². The molecule has 1 aromatic carbocycles. The number of benzene rings is 1. The Hall–Kier alpha value is -2.14. The van der Waals surface area contributed by atoms with Crippen molar-refractivity contribution in [2.45, 2.75) is 13.8 Å². The van der Waals surface area contributed by atoms with Crippen molar-refractivity contribution in [3.63, 3.8) is 0 Å². The van der Waals surface area contributed by atoms with E-state index in [9.17, 15) is 4.79 Å². The molecule has 0 aliphatic heterocycles. The van der Waals surface area contributed by atoms with Gasteiger partial charge in [0.25, 0.3) is 5.91 Å². The Labute approximate surface area is 118 Å². The highest BCUT2D eigenvalue weighted by Crippen LogP contribution is 2.22. The lowest BCUT2D eigenvalue weighted by molar-refractivity contribution is 0.0931. The van der Waals surface area contributed by atoms with E-state index in [2.05, 4.69) is 10.3 Å². The van der Waals surface area contributed by atoms with Crippen molar-refractivity contribution >= 4 is 5.91 Å². The van der Waals surface area contributed by atoms with Crippen LogP contribution in [-0.2, 0) is 4.74 Å². The van der Waals surface area contributed by atoms with Crippen molar-refractivity contribution in [1.82, 2.24) is 10.3 Å². The van der Waals surface area contributed by atoms with Crippen molar-refractivity contribution in [1.29, 1.82) is 0 Å². The average molecular weight is 274 g/mol. The number of oxazole rings is 1. The summed E-state index contributed by atoms with van der Waals surface area (Å²) in [5.74, 6) is 0.724. The molecule has 1 N–H and O–H groups in total. The van der Waals surface area contributed by atoms with Gasteiger partial charge in [0.2, 0.25) is 5.89 Å². The molecule has 0 radical (unpaired) electrons. The predicted octanol–water partition coefficient (Wildman–Crippen LogP) is 2.33. The molecule has 0 unspecified atom stereocenters. The maximum atomic E-state index is 12.0. The fourth-order valence-corrected chi connectivity index (χ4v) is 1.86. The molecule has 0 atom stereocenters. The second kappa shape index (κ2) is 6.34. The van der Waals surface area contributed by atoms with E-state index in [0.717, 1.165) is 11.1 Å². The zero-order valence-electron chi connectivity index (χ0n) is 11.9. The SMILES string of the molecule is COCCNC(=O)c1nc(-c2cccc(C)c2)oc1C. The molecule has 20 heavy (non-hydrogen) atoms. The van der Waals surface area contributed by atoms with Gasteiger partial charge in [-0.25, -0.2) is 4.98 Å². The molecule has 1 amide bonds. The number of nitrogens with one attached hydrogen (secondary N) is 1. The third-order valence-electron chi connectivity index (χ3n) is 2.87. The zero-order chi connectivity index (χ0) is 14.5. The third-order valence-corrected chi connectivity index (χ3v) is 2.87. The van der Waals surface area contributed by atoms with Crippen LogP contribution in [0.15, 0.2) is 28.7 Å². The largest absolute Gasteiger partial charge is 0.441 e. The van der Waals surface area contributed by atoms with Gasteiger partial charge in [-0.1, -0.05) is 17.7 Å². The Morgan fingerprint density at radius 2 is 2.20 bits per heavy atom. The molecule has 0 spiro atoms. The Bertz CT molecular complexity index is 605. The highest BCUT2D eigenvalue weighted by molar-refractivity contribution is 5.93. The van der Waals surface area contributed by atoms with Crippen molar-refractivity contribution in [3.8, 4) is 11.5 Å². The lowest BCUT2D eigenvalue weighted by Gasteiger charge is -2.01. The fraction of sp³-hybridized carbons (Fsp3) is 0.333. The number of aryl methyl sites for hydroxylation is 2. The van der Waals surface area contributed by atoms with Gasteiger partial charge in [-0.05, 0) is 26.0 Å². The summed E-state index contributed by atoms with van der Waals surface area (Å²) in [6.45, 7) is 4.64. The van der Waals surface area contributed by atoms with Crippen molar-refractivity contribution in [3.05, 3.63) is 41.3 Å². The third kappa shape index (κ3) is 3.24. The van der Waals surface area contributed by atoms with Gasteiger partial charge in [-0.15, -0.1) is 0 Å². The molecule has 0 aliphatic carbocycles. The minimum atomic E-state index is -0.248. The van der Waals surface area contributed by atoms with Gasteiger partial charge in [-0.2, -0.15) is 0 Å². The number of aromatic nitrogens is 1. The molecular formula is C15H18N2O3. The molecule has 0 saturated heterocycles. The van der Waals surface area contributed by atoms with E-state index in [0.29, 0.717) is 30.5 Å². The summed E-state index contributed by atoms with van der Waals surface area (Å²) in [5.41, 5.74) is 2.30. The molecule has 0 fully saturated rings. The zero-order valence-corrected chi connectivity index (χ0v) is 11.9. The van der Waals surface area contributed by atoms with Gasteiger partial charge in [0.05, 0.1) is 6.61 Å². The first-order valence-electron chi connectivity index (χ1n) is 6.43. The number of carbonyl (C=O) groups is 1. The molecular weight excluding hydrogens is 256 g/mol. The molecule has 5 nitrogen and oxygen atoms in total. The van der Waals surface area contributed by atoms with Crippen LogP contribution in [0.3, 0.4) is 0 Å². The standard InChI is InChI=1S/C15H18N2O3/c1-10-5-4-6-12(9-10)15-17-13(11(2)20-15)14(18)16-7-8-19-3/h4-6,9H,7-8H2,1-3H3,(H,16,18). The first kappa shape index (κ1) is 14.3. The van der Waals surface area contributed by atoms with Crippen LogP contribution in [0.4, 0.5) is 0 Å². The number of ether oxygens (including phenoxy) is 1. The van der Waals surface area contributed by atoms with Crippen LogP contribution in [0.25, 0.3) is 11.5 Å². The molecule has 0 saturated carbocycles. The number of rotatable bonds is 5. The number of amides is 1. The van der Waals surface area contributed by atoms with Crippen LogP contribution in [0.1, 0.15) is 21.8 Å². The summed E-state index contributed by atoms with van der Waals surface area (Å²) < 4.78 is 10.5. The van der Waals surface area contributed by atoms with Crippen LogP contribution in [0.2, 0.25) is 0 Å². The van der Waals surface area contributed by atoms with E-state index in [1.54, 1.807) is 14.0 Å². The van der Waals surface area contributed by atoms with Crippen LogP contribution in [0, 0.1) is 13.8 Å². The van der Waals surface area contributed by atoms with Crippen LogP contribution in [0.5, 0.6) is 0 Å². The monoisotopic (exact) mass is 274 g/mol. The average Bonchev–Trinajstić information content (AvgIpc) is 2.81. The Kier molecular flexibility index (Phi) is 4.53. The molecule has 1 aromatic heterocycles. The van der Waals surface area contributed by atoms with Gasteiger partial charge in [0.1, 0.15) is 5.76 Å². The van der Waals surface area contributed by atoms with Gasteiger partial charge >= 0.3 is 0 Å². The van der Waals surface area contributed by atoms with E-state index in [1.165, 1.54) is 0 Å². The lowest BCUT2D eigenvalue weighted by atomic mass is 10.1. The lowest BCUT2D eigenvalue weighted by Crippen LogP contribution is -2.27. The van der Waals surface area contributed by atoms with Crippen LogP contribution < -0.4 is 5.32 Å². The second-order valence-corrected chi connectivity index (χ2v) is 4.54. The summed E-state index contributed by atoms with van der Waals surface area (Å²) in [7, 11) is 1.59. The number of hydrogen-bond donors (Lipinski definition) is 1. The molecule has 5 heteroatoms. The quantitative estimate of drug-likeness (QED) is 0.850. The van der Waals surface area contributed by atoms with E-state index < -0.39 is 0 Å². The maximum absolute atomic E-state index is 12.0. The highest BCUT2D eigenvalue weighted by Gasteiger charge is 2.17. The van der Waals surface area contributed by atoms with Crippen molar-refractivity contribution in [2.75, 3.05) is 20.3 Å². The smallest absolute Gasteiger partial charge is 0.273 e. The highest BCUT2D eigenvalue weighted by atomic mass is 16.5. The normalized spacial score (nSPS) is 10.6. The predicted molar refractivity (Wildman–Crippen MR) is 75.6 cm³/mol. The minimum absolute atomic E-state index is 0.248. The Morgan fingerprint density at radius 1 is 1.40 bits per heavy atom. The minimum Gasteiger partial charge on any atom is -0.441 e. The summed E-state index contributed by atoms with van der Waals surface area (Å²) in [5, 5.41) is 2.73. The number of methoxy groups -OCH3 is 1. The van der Waals surface area contributed by atoms with Gasteiger partial charge in [0.15, 0.2) is 5.69 Å². The fourth-order valence-electron chi connectivity index (χ4n) is 1.86. The van der Waals surface area contributed by atoms with E-state index in [1.807, 2.05) is 31.2 Å². The first-order valence-corrected chi connectivity index (χ1v) is 6.43. The van der Waals surface area contributed by atoms with Crippen LogP contribution >= 0.6 is 0 Å². The number of hydrogen-bond acceptors (Lipinski definition) is 4. The van der Waals surface area contributed by atoms with E-state index >= 15 is 0 Å². The summed E-state index contributed by atoms with van der Waals surface area (Å²) >= 11 is 0. The summed E-state index contributed by atoms with van der Waals surface area (Å²) in [4.78, 5) is 16.2. The molecule has 0 aliphatic rings. The second-order valence-electron chi connectivity index (χ2n) is 4.54. The summed E-state index contributed by atoms with van der Waals surface area (Å²) in [6.07, 6.45) is 0. The molecule has 2 aromatic rings. The first-order chi connectivity index (χ1) is 9.61. The summed E-state index contributed by atoms with van der Waals surface area (Å²) in [6, 6.07) is 7.81. The molecule has 2 rings (SSSR count). The molecule has 106 valence electrons. The number of nitrogens with zero attached hydrogens (tertiary/aromatic N) is 1. The number of carbonyl (C=O) groups excluding carboxylic acids is 1.